The van der Waals surface area contributed by atoms with Crippen LogP contribution in [0, 0.1) is 0 Å². The third kappa shape index (κ3) is 6.33. The summed E-state index contributed by atoms with van der Waals surface area (Å²) in [6, 6.07) is 14.8. The Labute approximate surface area is 160 Å². The van der Waals surface area contributed by atoms with Gasteiger partial charge in [0.05, 0.1) is 20.8 Å². The summed E-state index contributed by atoms with van der Waals surface area (Å²) < 4.78 is 10.3. The van der Waals surface area contributed by atoms with Crippen LogP contribution in [0.5, 0.6) is 11.5 Å². The molecule has 0 saturated heterocycles. The van der Waals surface area contributed by atoms with Gasteiger partial charge in [-0.3, -0.25) is 9.59 Å². The Balaban J connectivity index is 1.88. The van der Waals surface area contributed by atoms with Gasteiger partial charge in [-0.05, 0) is 43.2 Å². The molecule has 2 aromatic carbocycles. The largest absolute Gasteiger partial charge is 0.497 e. The molecule has 0 heterocycles. The van der Waals surface area contributed by atoms with Gasteiger partial charge >= 0.3 is 0 Å². The summed E-state index contributed by atoms with van der Waals surface area (Å²) in [5, 5.41) is 2.80. The minimum Gasteiger partial charge on any atom is -0.497 e. The number of aryl methyl sites for hydroxylation is 1. The number of anilines is 1. The molecule has 0 bridgehead atoms. The number of benzene rings is 2. The zero-order valence-electron chi connectivity index (χ0n) is 16.0. The molecule has 0 aliphatic carbocycles. The predicted octanol–water partition coefficient (Wildman–Crippen LogP) is 3.12. The number of nitrogens with zero attached hydrogens (tertiary/aromatic N) is 1. The Kier molecular flexibility index (Phi) is 7.67. The zero-order chi connectivity index (χ0) is 19.6. The Morgan fingerprint density at radius 1 is 1.00 bits per heavy atom. The Hall–Kier alpha value is -3.02. The van der Waals surface area contributed by atoms with E-state index >= 15 is 0 Å². The normalized spacial score (nSPS) is 10.2. The SMILES string of the molecule is CCN(CC(=O)Nc1cccc(OC)c1)C(=O)CCc1cccc(OC)c1. The van der Waals surface area contributed by atoms with Crippen LogP contribution in [-0.4, -0.2) is 44.0 Å². The van der Waals surface area contributed by atoms with E-state index in [1.807, 2.05) is 31.2 Å². The zero-order valence-corrected chi connectivity index (χ0v) is 16.0. The van der Waals surface area contributed by atoms with E-state index in [1.54, 1.807) is 43.4 Å². The number of likely N-dealkylation sites (N-methyl/N-ethyl adjacent to an activating group) is 1. The molecule has 0 aliphatic rings. The van der Waals surface area contributed by atoms with E-state index in [0.29, 0.717) is 30.8 Å². The first kappa shape index (κ1) is 20.3. The molecule has 0 fully saturated rings. The summed E-state index contributed by atoms with van der Waals surface area (Å²) in [5.74, 6) is 1.14. The number of hydrogen-bond donors (Lipinski definition) is 1. The summed E-state index contributed by atoms with van der Waals surface area (Å²) in [6.45, 7) is 2.36. The van der Waals surface area contributed by atoms with Gasteiger partial charge in [-0.15, -0.1) is 0 Å². The molecule has 0 spiro atoms. The highest BCUT2D eigenvalue weighted by molar-refractivity contribution is 5.94. The van der Waals surface area contributed by atoms with Gasteiger partial charge in [-0.2, -0.15) is 0 Å². The maximum atomic E-state index is 12.5. The van der Waals surface area contributed by atoms with E-state index in [-0.39, 0.29) is 18.4 Å². The first-order valence-corrected chi connectivity index (χ1v) is 8.90. The monoisotopic (exact) mass is 370 g/mol. The molecule has 0 atom stereocenters. The van der Waals surface area contributed by atoms with Gasteiger partial charge < -0.3 is 19.7 Å². The van der Waals surface area contributed by atoms with Gasteiger partial charge in [0, 0.05) is 24.7 Å². The maximum absolute atomic E-state index is 12.5. The minimum atomic E-state index is -0.236. The van der Waals surface area contributed by atoms with Crippen LogP contribution >= 0.6 is 0 Å². The van der Waals surface area contributed by atoms with E-state index in [4.69, 9.17) is 9.47 Å². The van der Waals surface area contributed by atoms with Crippen molar-refractivity contribution in [2.45, 2.75) is 19.8 Å². The van der Waals surface area contributed by atoms with Crippen LogP contribution in [0.2, 0.25) is 0 Å². The molecular formula is C21H26N2O4. The fourth-order valence-corrected chi connectivity index (χ4v) is 2.69. The topological polar surface area (TPSA) is 67.9 Å². The van der Waals surface area contributed by atoms with Crippen LogP contribution in [-0.2, 0) is 16.0 Å². The van der Waals surface area contributed by atoms with Crippen LogP contribution in [0.1, 0.15) is 18.9 Å². The van der Waals surface area contributed by atoms with E-state index in [9.17, 15) is 9.59 Å². The van der Waals surface area contributed by atoms with E-state index in [0.717, 1.165) is 11.3 Å². The number of hydrogen-bond acceptors (Lipinski definition) is 4. The molecule has 0 radical (unpaired) electrons. The van der Waals surface area contributed by atoms with Crippen molar-refractivity contribution in [2.75, 3.05) is 32.6 Å². The van der Waals surface area contributed by atoms with Crippen molar-refractivity contribution < 1.29 is 19.1 Å². The Morgan fingerprint density at radius 3 is 2.33 bits per heavy atom. The predicted molar refractivity (Wildman–Crippen MR) is 105 cm³/mol. The molecule has 0 aromatic heterocycles. The molecule has 0 saturated carbocycles. The van der Waals surface area contributed by atoms with Crippen molar-refractivity contribution in [1.82, 2.24) is 4.90 Å². The maximum Gasteiger partial charge on any atom is 0.243 e. The molecular weight excluding hydrogens is 344 g/mol. The highest BCUT2D eigenvalue weighted by atomic mass is 16.5. The number of methoxy groups -OCH3 is 2. The number of ether oxygens (including phenoxy) is 2. The van der Waals surface area contributed by atoms with Crippen LogP contribution in [0.3, 0.4) is 0 Å². The Morgan fingerprint density at radius 2 is 1.67 bits per heavy atom. The third-order valence-corrected chi connectivity index (χ3v) is 4.18. The molecule has 0 unspecified atom stereocenters. The number of amides is 2. The van der Waals surface area contributed by atoms with Gasteiger partial charge in [-0.1, -0.05) is 18.2 Å². The smallest absolute Gasteiger partial charge is 0.243 e. The lowest BCUT2D eigenvalue weighted by Gasteiger charge is -2.20. The average molecular weight is 370 g/mol. The fraction of sp³-hybridized carbons (Fsp3) is 0.333. The molecule has 2 aromatic rings. The van der Waals surface area contributed by atoms with Gasteiger partial charge in [0.1, 0.15) is 11.5 Å². The van der Waals surface area contributed by atoms with Crippen molar-refractivity contribution >= 4 is 17.5 Å². The average Bonchev–Trinajstić information content (AvgIpc) is 2.70. The van der Waals surface area contributed by atoms with E-state index in [2.05, 4.69) is 5.32 Å². The fourth-order valence-electron chi connectivity index (χ4n) is 2.69. The number of rotatable bonds is 9. The van der Waals surface area contributed by atoms with Gasteiger partial charge in [0.2, 0.25) is 11.8 Å². The molecule has 0 aliphatic heterocycles. The van der Waals surface area contributed by atoms with Gasteiger partial charge in [0.25, 0.3) is 0 Å². The first-order chi connectivity index (χ1) is 13.0. The lowest BCUT2D eigenvalue weighted by molar-refractivity contribution is -0.134. The lowest BCUT2D eigenvalue weighted by Crippen LogP contribution is -2.38. The second-order valence-electron chi connectivity index (χ2n) is 6.04. The van der Waals surface area contributed by atoms with E-state index < -0.39 is 0 Å². The van der Waals surface area contributed by atoms with Crippen LogP contribution in [0.4, 0.5) is 5.69 Å². The summed E-state index contributed by atoms with van der Waals surface area (Å²) in [7, 11) is 3.19. The molecule has 2 amide bonds. The number of carbonyl (C=O) groups is 2. The number of carbonyl (C=O) groups excluding carboxylic acids is 2. The van der Waals surface area contributed by atoms with Crippen molar-refractivity contribution in [3.8, 4) is 11.5 Å². The summed E-state index contributed by atoms with van der Waals surface area (Å²) >= 11 is 0. The van der Waals surface area contributed by atoms with Crippen LogP contribution in [0.25, 0.3) is 0 Å². The number of nitrogens with one attached hydrogen (secondary N) is 1. The van der Waals surface area contributed by atoms with Crippen molar-refractivity contribution in [3.05, 3.63) is 54.1 Å². The van der Waals surface area contributed by atoms with Gasteiger partial charge in [-0.25, -0.2) is 0 Å². The second-order valence-corrected chi connectivity index (χ2v) is 6.04. The van der Waals surface area contributed by atoms with Crippen molar-refractivity contribution in [3.63, 3.8) is 0 Å². The molecule has 6 nitrogen and oxygen atoms in total. The molecule has 144 valence electrons. The molecule has 6 heteroatoms. The van der Waals surface area contributed by atoms with Gasteiger partial charge in [0.15, 0.2) is 0 Å². The Bertz CT molecular complexity index is 776. The standard InChI is InChI=1S/C21H26N2O4/c1-4-23(15-20(24)22-17-8-6-10-19(14-17)27-3)21(25)12-11-16-7-5-9-18(13-16)26-2/h5-10,13-14H,4,11-12,15H2,1-3H3,(H,22,24). The highest BCUT2D eigenvalue weighted by Crippen LogP contribution is 2.17. The van der Waals surface area contributed by atoms with Crippen LogP contribution < -0.4 is 14.8 Å². The summed E-state index contributed by atoms with van der Waals surface area (Å²) in [6.07, 6.45) is 0.942. The first-order valence-electron chi connectivity index (χ1n) is 8.90. The molecule has 1 N–H and O–H groups in total. The van der Waals surface area contributed by atoms with Crippen molar-refractivity contribution in [1.29, 1.82) is 0 Å². The lowest BCUT2D eigenvalue weighted by atomic mass is 10.1. The van der Waals surface area contributed by atoms with Crippen molar-refractivity contribution in [2.24, 2.45) is 0 Å². The summed E-state index contributed by atoms with van der Waals surface area (Å²) in [5.41, 5.74) is 1.67. The quantitative estimate of drug-likeness (QED) is 0.736. The molecule has 2 rings (SSSR count). The highest BCUT2D eigenvalue weighted by Gasteiger charge is 2.16. The molecule has 27 heavy (non-hydrogen) atoms. The minimum absolute atomic E-state index is 0.0185. The summed E-state index contributed by atoms with van der Waals surface area (Å²) in [4.78, 5) is 26.3. The third-order valence-electron chi connectivity index (χ3n) is 4.18. The second kappa shape index (κ2) is 10.2. The van der Waals surface area contributed by atoms with Crippen LogP contribution in [0.15, 0.2) is 48.5 Å². The van der Waals surface area contributed by atoms with E-state index in [1.165, 1.54) is 0 Å².